The maximum absolute atomic E-state index is 11.7. The average molecular weight is 314 g/mol. The zero-order valence-corrected chi connectivity index (χ0v) is 14.2. The number of carbonyl (C=O) groups excluding carboxylic acids is 3. The second-order valence-electron chi connectivity index (χ2n) is 6.58. The highest BCUT2D eigenvalue weighted by atomic mass is 16.6. The topological polar surface area (TPSA) is 112 Å². The maximum Gasteiger partial charge on any atom is 0.306 e. The van der Waals surface area contributed by atoms with E-state index in [1.54, 1.807) is 20.8 Å². The van der Waals surface area contributed by atoms with E-state index >= 15 is 0 Å². The summed E-state index contributed by atoms with van der Waals surface area (Å²) < 4.78 is 5.21. The summed E-state index contributed by atoms with van der Waals surface area (Å²) in [4.78, 5) is 34.8. The average Bonchev–Trinajstić information content (AvgIpc) is 2.39. The lowest BCUT2D eigenvalue weighted by Gasteiger charge is -2.21. The van der Waals surface area contributed by atoms with Crippen LogP contribution in [0.1, 0.15) is 59.8 Å². The van der Waals surface area contributed by atoms with Crippen LogP contribution in [0.2, 0.25) is 0 Å². The fraction of sp³-hybridized carbons (Fsp3) is 0.812. The molecule has 0 spiro atoms. The highest BCUT2D eigenvalue weighted by Gasteiger charge is 2.23. The van der Waals surface area contributed by atoms with Gasteiger partial charge in [0.15, 0.2) is 0 Å². The van der Waals surface area contributed by atoms with E-state index in [4.69, 9.17) is 16.2 Å². The Balaban J connectivity index is 4.41. The molecule has 0 radical (unpaired) electrons. The summed E-state index contributed by atoms with van der Waals surface area (Å²) in [5, 5.41) is 0. The van der Waals surface area contributed by atoms with Crippen molar-refractivity contribution in [2.24, 2.45) is 23.3 Å². The van der Waals surface area contributed by atoms with E-state index in [1.807, 2.05) is 6.92 Å². The van der Waals surface area contributed by atoms with Crippen molar-refractivity contribution in [1.29, 1.82) is 0 Å². The molecule has 1 amide bonds. The molecule has 2 atom stereocenters. The monoisotopic (exact) mass is 314 g/mol. The predicted octanol–water partition coefficient (Wildman–Crippen LogP) is 1.54. The minimum Gasteiger partial charge on any atom is -0.460 e. The smallest absolute Gasteiger partial charge is 0.306 e. The second kappa shape index (κ2) is 9.56. The third kappa shape index (κ3) is 8.77. The zero-order valence-electron chi connectivity index (χ0n) is 14.2. The van der Waals surface area contributed by atoms with Gasteiger partial charge in [-0.1, -0.05) is 6.92 Å². The van der Waals surface area contributed by atoms with Crippen LogP contribution in [0.25, 0.3) is 0 Å². The first kappa shape index (κ1) is 20.6. The SMILES string of the molecule is CCC(CCC(CCC(=O)OC(C)(C)C)C(N)=O)C(=O)CN. The molecule has 0 aliphatic carbocycles. The normalized spacial score (nSPS) is 14.2. The van der Waals surface area contributed by atoms with E-state index in [0.29, 0.717) is 25.7 Å². The number of nitrogens with two attached hydrogens (primary N) is 2. The van der Waals surface area contributed by atoms with Crippen LogP contribution in [0.15, 0.2) is 0 Å². The highest BCUT2D eigenvalue weighted by Crippen LogP contribution is 2.21. The lowest BCUT2D eigenvalue weighted by atomic mass is 9.88. The first-order valence-corrected chi connectivity index (χ1v) is 7.84. The molecule has 2 unspecified atom stereocenters. The number of amides is 1. The molecule has 6 nitrogen and oxygen atoms in total. The van der Waals surface area contributed by atoms with Gasteiger partial charge in [-0.25, -0.2) is 0 Å². The summed E-state index contributed by atoms with van der Waals surface area (Å²) in [6.07, 6.45) is 2.23. The fourth-order valence-corrected chi connectivity index (χ4v) is 2.28. The Bertz CT molecular complexity index is 388. The van der Waals surface area contributed by atoms with Crippen molar-refractivity contribution in [3.05, 3.63) is 0 Å². The quantitative estimate of drug-likeness (QED) is 0.594. The summed E-state index contributed by atoms with van der Waals surface area (Å²) in [6.45, 7) is 7.30. The number of carbonyl (C=O) groups is 3. The largest absolute Gasteiger partial charge is 0.460 e. The van der Waals surface area contributed by atoms with Gasteiger partial charge in [0.2, 0.25) is 5.91 Å². The first-order valence-electron chi connectivity index (χ1n) is 7.84. The molecular weight excluding hydrogens is 284 g/mol. The summed E-state index contributed by atoms with van der Waals surface area (Å²) >= 11 is 0. The van der Waals surface area contributed by atoms with Crippen molar-refractivity contribution in [3.8, 4) is 0 Å². The molecule has 0 saturated heterocycles. The van der Waals surface area contributed by atoms with Gasteiger partial charge in [0.1, 0.15) is 11.4 Å². The van der Waals surface area contributed by atoms with Gasteiger partial charge in [-0.2, -0.15) is 0 Å². The van der Waals surface area contributed by atoms with Gasteiger partial charge in [0.05, 0.1) is 6.54 Å². The molecule has 0 aromatic carbocycles. The van der Waals surface area contributed by atoms with Crippen LogP contribution in [0.5, 0.6) is 0 Å². The first-order chi connectivity index (χ1) is 10.1. The molecular formula is C16H30N2O4. The Morgan fingerprint density at radius 3 is 2.00 bits per heavy atom. The summed E-state index contributed by atoms with van der Waals surface area (Å²) in [7, 11) is 0. The number of esters is 1. The van der Waals surface area contributed by atoms with E-state index < -0.39 is 17.4 Å². The van der Waals surface area contributed by atoms with Crippen LogP contribution in [-0.4, -0.2) is 29.8 Å². The van der Waals surface area contributed by atoms with Crippen LogP contribution in [0.3, 0.4) is 0 Å². The Morgan fingerprint density at radius 1 is 1.05 bits per heavy atom. The van der Waals surface area contributed by atoms with E-state index in [0.717, 1.165) is 0 Å². The molecule has 0 heterocycles. The molecule has 0 rings (SSSR count). The number of rotatable bonds is 10. The van der Waals surface area contributed by atoms with Gasteiger partial charge in [-0.3, -0.25) is 14.4 Å². The standard InChI is InChI=1S/C16H30N2O4/c1-5-11(13(19)10-17)6-7-12(15(18)21)8-9-14(20)22-16(2,3)4/h11-12H,5-10,17H2,1-4H3,(H2,18,21). The van der Waals surface area contributed by atoms with Crippen LogP contribution in [0.4, 0.5) is 0 Å². The summed E-state index contributed by atoms with van der Waals surface area (Å²) in [6, 6.07) is 0. The zero-order chi connectivity index (χ0) is 17.3. The van der Waals surface area contributed by atoms with Gasteiger partial charge in [-0.15, -0.1) is 0 Å². The molecule has 0 fully saturated rings. The number of hydrogen-bond donors (Lipinski definition) is 2. The van der Waals surface area contributed by atoms with Gasteiger partial charge >= 0.3 is 5.97 Å². The number of ether oxygens (including phenoxy) is 1. The van der Waals surface area contributed by atoms with Crippen molar-refractivity contribution in [1.82, 2.24) is 0 Å². The molecule has 6 heteroatoms. The number of ketones is 1. The Morgan fingerprint density at radius 2 is 1.59 bits per heavy atom. The van der Waals surface area contributed by atoms with Crippen LogP contribution in [-0.2, 0) is 19.1 Å². The van der Waals surface area contributed by atoms with Crippen molar-refractivity contribution < 1.29 is 19.1 Å². The van der Waals surface area contributed by atoms with Crippen LogP contribution < -0.4 is 11.5 Å². The van der Waals surface area contributed by atoms with Gasteiger partial charge in [0.25, 0.3) is 0 Å². The van der Waals surface area contributed by atoms with E-state index in [1.165, 1.54) is 0 Å². The second-order valence-corrected chi connectivity index (χ2v) is 6.58. The Labute approximate surface area is 132 Å². The van der Waals surface area contributed by atoms with Crippen LogP contribution >= 0.6 is 0 Å². The van der Waals surface area contributed by atoms with Crippen molar-refractivity contribution in [2.45, 2.75) is 65.4 Å². The third-order valence-corrected chi connectivity index (χ3v) is 3.53. The van der Waals surface area contributed by atoms with Crippen molar-refractivity contribution in [3.63, 3.8) is 0 Å². The van der Waals surface area contributed by atoms with E-state index in [2.05, 4.69) is 0 Å². The minimum absolute atomic E-state index is 0.00198. The minimum atomic E-state index is -0.542. The fourth-order valence-electron chi connectivity index (χ4n) is 2.28. The van der Waals surface area contributed by atoms with Crippen molar-refractivity contribution >= 4 is 17.7 Å². The van der Waals surface area contributed by atoms with E-state index in [-0.39, 0.29) is 30.6 Å². The third-order valence-electron chi connectivity index (χ3n) is 3.53. The van der Waals surface area contributed by atoms with Crippen molar-refractivity contribution in [2.75, 3.05) is 6.54 Å². The molecule has 0 aliphatic heterocycles. The van der Waals surface area contributed by atoms with E-state index in [9.17, 15) is 14.4 Å². The molecule has 0 aliphatic rings. The Hall–Kier alpha value is -1.43. The molecule has 0 saturated carbocycles. The van der Waals surface area contributed by atoms with Gasteiger partial charge < -0.3 is 16.2 Å². The summed E-state index contributed by atoms with van der Waals surface area (Å²) in [5.74, 6) is -1.36. The summed E-state index contributed by atoms with van der Waals surface area (Å²) in [5.41, 5.74) is 10.2. The highest BCUT2D eigenvalue weighted by molar-refractivity contribution is 5.83. The molecule has 4 N–H and O–H groups in total. The Kier molecular flexibility index (Phi) is 8.94. The molecule has 0 bridgehead atoms. The molecule has 128 valence electrons. The number of hydrogen-bond acceptors (Lipinski definition) is 5. The lowest BCUT2D eigenvalue weighted by Crippen LogP contribution is -2.28. The number of primary amides is 1. The van der Waals surface area contributed by atoms with Gasteiger partial charge in [-0.05, 0) is 46.5 Å². The number of Topliss-reactive ketones (excluding diaryl/α,β-unsaturated/α-hetero) is 1. The molecule has 0 aromatic heterocycles. The van der Waals surface area contributed by atoms with Gasteiger partial charge in [0, 0.05) is 18.3 Å². The predicted molar refractivity (Wildman–Crippen MR) is 84.8 cm³/mol. The maximum atomic E-state index is 11.7. The molecule has 0 aromatic rings. The van der Waals surface area contributed by atoms with Crippen LogP contribution in [0, 0.1) is 11.8 Å². The molecule has 22 heavy (non-hydrogen) atoms. The lowest BCUT2D eigenvalue weighted by molar-refractivity contribution is -0.155.